The van der Waals surface area contributed by atoms with Crippen LogP contribution in [0.3, 0.4) is 0 Å². The van der Waals surface area contributed by atoms with Crippen molar-refractivity contribution in [1.29, 1.82) is 0 Å². The number of nitrogens with zero attached hydrogens (tertiary/aromatic N) is 2. The molecule has 0 aliphatic rings. The van der Waals surface area contributed by atoms with Gasteiger partial charge >= 0.3 is 0 Å². The van der Waals surface area contributed by atoms with E-state index < -0.39 is 0 Å². The van der Waals surface area contributed by atoms with Gasteiger partial charge in [-0.25, -0.2) is 5.84 Å². The summed E-state index contributed by atoms with van der Waals surface area (Å²) in [6.45, 7) is 6.01. The minimum absolute atomic E-state index is 0.674. The van der Waals surface area contributed by atoms with Crippen molar-refractivity contribution < 1.29 is 0 Å². The van der Waals surface area contributed by atoms with E-state index in [0.717, 1.165) is 16.8 Å². The van der Waals surface area contributed by atoms with Gasteiger partial charge in [-0.15, -0.1) is 0 Å². The lowest BCUT2D eigenvalue weighted by Gasteiger charge is -2.23. The molecule has 4 heteroatoms. The summed E-state index contributed by atoms with van der Waals surface area (Å²) in [5, 5.41) is 5.24. The number of hydrazine groups is 1. The van der Waals surface area contributed by atoms with Gasteiger partial charge in [0.05, 0.1) is 5.69 Å². The zero-order valence-corrected chi connectivity index (χ0v) is 9.49. The fraction of sp³-hybridized carbons (Fsp3) is 0.364. The van der Waals surface area contributed by atoms with Gasteiger partial charge in [0, 0.05) is 6.42 Å². The van der Waals surface area contributed by atoms with Gasteiger partial charge in [-0.3, -0.25) is 5.01 Å². The van der Waals surface area contributed by atoms with E-state index in [4.69, 9.17) is 11.7 Å². The second kappa shape index (κ2) is 4.79. The predicted octanol–water partition coefficient (Wildman–Crippen LogP) is 1.67. The van der Waals surface area contributed by atoms with Gasteiger partial charge < -0.3 is 5.84 Å². The van der Waals surface area contributed by atoms with Gasteiger partial charge in [-0.05, 0) is 25.0 Å². The van der Waals surface area contributed by atoms with E-state index in [0.29, 0.717) is 12.3 Å². The highest BCUT2D eigenvalue weighted by Gasteiger charge is 2.12. The third kappa shape index (κ3) is 2.27. The standard InChI is InChI=1S/C11H18N4/c1-4-10(14-12)15(13)11-8(2)6-5-7-9(11)3/h5-7H,4,12-13H2,1-3H3/b14-10-. The number of hydrazone groups is 1. The molecule has 0 fully saturated rings. The Hall–Kier alpha value is -1.55. The number of benzene rings is 1. The van der Waals surface area contributed by atoms with Crippen LogP contribution in [0.5, 0.6) is 0 Å². The van der Waals surface area contributed by atoms with Crippen LogP contribution >= 0.6 is 0 Å². The number of para-hydroxylation sites is 1. The number of aryl methyl sites for hydroxylation is 2. The fourth-order valence-corrected chi connectivity index (χ4v) is 1.64. The SMILES string of the molecule is CC/C(=N/N)N(N)c1c(C)cccc1C. The van der Waals surface area contributed by atoms with Gasteiger partial charge in [0.15, 0.2) is 0 Å². The molecule has 0 amide bonds. The lowest BCUT2D eigenvalue weighted by molar-refractivity contribution is 1.02. The molecule has 4 N–H and O–H groups in total. The summed E-state index contributed by atoms with van der Waals surface area (Å²) in [4.78, 5) is 0. The highest BCUT2D eigenvalue weighted by atomic mass is 15.4. The Kier molecular flexibility index (Phi) is 3.68. The fourth-order valence-electron chi connectivity index (χ4n) is 1.64. The van der Waals surface area contributed by atoms with E-state index in [1.165, 1.54) is 0 Å². The second-order valence-corrected chi connectivity index (χ2v) is 3.51. The second-order valence-electron chi connectivity index (χ2n) is 3.51. The van der Waals surface area contributed by atoms with Crippen molar-refractivity contribution in [3.63, 3.8) is 0 Å². The maximum absolute atomic E-state index is 5.98. The molecule has 0 spiro atoms. The molecule has 0 bridgehead atoms. The molecule has 0 aromatic heterocycles. The van der Waals surface area contributed by atoms with Crippen LogP contribution in [0.1, 0.15) is 24.5 Å². The largest absolute Gasteiger partial charge is 0.322 e. The number of anilines is 1. The first-order valence-electron chi connectivity index (χ1n) is 4.99. The highest BCUT2D eigenvalue weighted by molar-refractivity contribution is 5.97. The van der Waals surface area contributed by atoms with Crippen LogP contribution in [0.4, 0.5) is 5.69 Å². The summed E-state index contributed by atoms with van der Waals surface area (Å²) in [7, 11) is 0. The molecule has 82 valence electrons. The van der Waals surface area contributed by atoms with E-state index in [2.05, 4.69) is 5.10 Å². The first-order valence-corrected chi connectivity index (χ1v) is 4.99. The number of hydrogen-bond acceptors (Lipinski definition) is 3. The van der Waals surface area contributed by atoms with Gasteiger partial charge in [-0.1, -0.05) is 25.1 Å². The molecule has 1 rings (SSSR count). The third-order valence-electron chi connectivity index (χ3n) is 2.42. The molecule has 1 aromatic carbocycles. The molecule has 0 unspecified atom stereocenters. The van der Waals surface area contributed by atoms with Gasteiger partial charge in [0.25, 0.3) is 0 Å². The summed E-state index contributed by atoms with van der Waals surface area (Å²) < 4.78 is 0. The lowest BCUT2D eigenvalue weighted by Crippen LogP contribution is -2.38. The molecule has 0 saturated heterocycles. The van der Waals surface area contributed by atoms with Crippen LogP contribution in [-0.2, 0) is 0 Å². The monoisotopic (exact) mass is 206 g/mol. The van der Waals surface area contributed by atoms with E-state index >= 15 is 0 Å². The van der Waals surface area contributed by atoms with Crippen LogP contribution in [0.2, 0.25) is 0 Å². The minimum Gasteiger partial charge on any atom is -0.322 e. The van der Waals surface area contributed by atoms with Gasteiger partial charge in [-0.2, -0.15) is 5.10 Å². The average molecular weight is 206 g/mol. The molecule has 15 heavy (non-hydrogen) atoms. The van der Waals surface area contributed by atoms with Crippen molar-refractivity contribution in [3.05, 3.63) is 29.3 Å². The molecular formula is C11H18N4. The summed E-state index contributed by atoms with van der Waals surface area (Å²) >= 11 is 0. The van der Waals surface area contributed by atoms with E-state index in [-0.39, 0.29) is 0 Å². The topological polar surface area (TPSA) is 67.6 Å². The molecule has 0 heterocycles. The summed E-state index contributed by atoms with van der Waals surface area (Å²) in [5.41, 5.74) is 3.21. The van der Waals surface area contributed by atoms with Gasteiger partial charge in [0.1, 0.15) is 5.84 Å². The summed E-state index contributed by atoms with van der Waals surface area (Å²) in [6.07, 6.45) is 0.709. The Labute approximate surface area is 90.5 Å². The Morgan fingerprint density at radius 3 is 2.27 bits per heavy atom. The van der Waals surface area contributed by atoms with E-state index in [1.54, 1.807) is 5.01 Å². The first-order chi connectivity index (χ1) is 7.11. The van der Waals surface area contributed by atoms with Crippen molar-refractivity contribution in [2.45, 2.75) is 27.2 Å². The minimum atomic E-state index is 0.674. The van der Waals surface area contributed by atoms with Crippen LogP contribution in [0, 0.1) is 13.8 Å². The molecule has 1 aromatic rings. The molecule has 0 radical (unpaired) electrons. The Bertz CT molecular complexity index is 351. The number of amidine groups is 1. The van der Waals surface area contributed by atoms with Gasteiger partial charge in [0.2, 0.25) is 0 Å². The van der Waals surface area contributed by atoms with Crippen molar-refractivity contribution in [3.8, 4) is 0 Å². The maximum Gasteiger partial charge on any atom is 0.142 e. The molecule has 4 nitrogen and oxygen atoms in total. The first kappa shape index (κ1) is 11.5. The summed E-state index contributed by atoms with van der Waals surface area (Å²) in [5.74, 6) is 11.9. The average Bonchev–Trinajstić information content (AvgIpc) is 2.19. The highest BCUT2D eigenvalue weighted by Crippen LogP contribution is 2.22. The van der Waals surface area contributed by atoms with Crippen molar-refractivity contribution in [2.24, 2.45) is 16.8 Å². The summed E-state index contributed by atoms with van der Waals surface area (Å²) in [6, 6.07) is 6.05. The van der Waals surface area contributed by atoms with E-state index in [9.17, 15) is 0 Å². The molecular weight excluding hydrogens is 188 g/mol. The van der Waals surface area contributed by atoms with Crippen molar-refractivity contribution >= 4 is 11.5 Å². The molecule has 0 atom stereocenters. The van der Waals surface area contributed by atoms with Crippen LogP contribution in [0.25, 0.3) is 0 Å². The molecule has 0 aliphatic carbocycles. The quantitative estimate of drug-likeness (QED) is 0.335. The Balaban J connectivity index is 3.16. The van der Waals surface area contributed by atoms with Crippen molar-refractivity contribution in [2.75, 3.05) is 5.01 Å². The zero-order valence-electron chi connectivity index (χ0n) is 9.49. The van der Waals surface area contributed by atoms with E-state index in [1.807, 2.05) is 39.0 Å². The molecule has 0 aliphatic heterocycles. The van der Waals surface area contributed by atoms with Crippen LogP contribution < -0.4 is 16.7 Å². The maximum atomic E-state index is 5.98. The number of rotatable bonds is 2. The Morgan fingerprint density at radius 1 is 1.33 bits per heavy atom. The predicted molar refractivity (Wildman–Crippen MR) is 64.5 cm³/mol. The molecule has 0 saturated carbocycles. The number of hydrogen-bond donors (Lipinski definition) is 2. The Morgan fingerprint density at radius 2 is 1.87 bits per heavy atom. The number of nitrogens with two attached hydrogens (primary N) is 2. The van der Waals surface area contributed by atoms with Crippen LogP contribution in [-0.4, -0.2) is 5.84 Å². The normalized spacial score (nSPS) is 11.6. The van der Waals surface area contributed by atoms with Crippen LogP contribution in [0.15, 0.2) is 23.3 Å². The lowest BCUT2D eigenvalue weighted by atomic mass is 10.1. The zero-order chi connectivity index (χ0) is 11.4. The third-order valence-corrected chi connectivity index (χ3v) is 2.42. The van der Waals surface area contributed by atoms with Crippen molar-refractivity contribution in [1.82, 2.24) is 0 Å². The smallest absolute Gasteiger partial charge is 0.142 e.